The van der Waals surface area contributed by atoms with Crippen LogP contribution in [0.1, 0.15) is 61.2 Å². The largest absolute Gasteiger partial charge is 0.373 e. The molecule has 7 rings (SSSR count). The topological polar surface area (TPSA) is 84.5 Å². The number of allylic oxidation sites excluding steroid dienone is 2. The Morgan fingerprint density at radius 3 is 2.35 bits per heavy atom. The van der Waals surface area contributed by atoms with Gasteiger partial charge in [-0.25, -0.2) is 9.37 Å². The van der Waals surface area contributed by atoms with Crippen LogP contribution in [0.2, 0.25) is 0 Å². The van der Waals surface area contributed by atoms with E-state index in [2.05, 4.69) is 68.4 Å². The molecule has 0 spiro atoms. The van der Waals surface area contributed by atoms with Gasteiger partial charge in [-0.1, -0.05) is 25.7 Å². The molecule has 2 aromatic carbocycles. The summed E-state index contributed by atoms with van der Waals surface area (Å²) in [6, 6.07) is 14.3. The zero-order valence-corrected chi connectivity index (χ0v) is 32.1. The van der Waals surface area contributed by atoms with Crippen LogP contribution in [0.5, 0.6) is 0 Å². The highest BCUT2D eigenvalue weighted by Crippen LogP contribution is 2.34. The van der Waals surface area contributed by atoms with Crippen molar-refractivity contribution in [1.29, 1.82) is 0 Å². The Morgan fingerprint density at radius 2 is 1.67 bits per heavy atom. The Kier molecular flexibility index (Phi) is 10.9. The van der Waals surface area contributed by atoms with Gasteiger partial charge in [-0.2, -0.15) is 0 Å². The van der Waals surface area contributed by atoms with E-state index in [9.17, 15) is 9.59 Å². The Bertz CT molecular complexity index is 1980. The number of Topliss-reactive ketones (excluding diaryl/α,β-unsaturated/α-hetero) is 1. The second-order valence-corrected chi connectivity index (χ2v) is 14.9. The van der Waals surface area contributed by atoms with Crippen LogP contribution in [-0.2, 0) is 22.5 Å². The number of benzene rings is 2. The van der Waals surface area contributed by atoms with Crippen molar-refractivity contribution in [2.75, 3.05) is 80.7 Å². The lowest BCUT2D eigenvalue weighted by Crippen LogP contribution is -2.63. The van der Waals surface area contributed by atoms with E-state index in [0.29, 0.717) is 43.5 Å². The lowest BCUT2D eigenvalue weighted by molar-refractivity contribution is -0.129. The number of hydrogen-bond acceptors (Lipinski definition) is 9. The van der Waals surface area contributed by atoms with Crippen molar-refractivity contribution in [2.24, 2.45) is 0 Å². The average molecular weight is 734 g/mol. The number of fused-ring (bicyclic) bond motifs is 1. The zero-order chi connectivity index (χ0) is 38.1. The monoisotopic (exact) mass is 733 g/mol. The van der Waals surface area contributed by atoms with Crippen molar-refractivity contribution in [3.8, 4) is 0 Å². The Labute approximate surface area is 318 Å². The summed E-state index contributed by atoms with van der Waals surface area (Å²) in [5.74, 6) is 0.428. The maximum atomic E-state index is 15.2. The first-order valence-electron chi connectivity index (χ1n) is 19.1. The Morgan fingerprint density at radius 1 is 0.926 bits per heavy atom. The van der Waals surface area contributed by atoms with Crippen LogP contribution in [0.4, 0.5) is 27.3 Å². The quantitative estimate of drug-likeness (QED) is 0.231. The number of nitrogens with zero attached hydrogens (tertiary/aromatic N) is 6. The van der Waals surface area contributed by atoms with Gasteiger partial charge >= 0.3 is 0 Å². The first kappa shape index (κ1) is 37.3. The number of halogens is 1. The van der Waals surface area contributed by atoms with Crippen molar-refractivity contribution < 1.29 is 18.7 Å². The van der Waals surface area contributed by atoms with E-state index < -0.39 is 0 Å². The Balaban J connectivity index is 0.916. The van der Waals surface area contributed by atoms with Gasteiger partial charge in [-0.05, 0) is 85.0 Å². The molecule has 0 aliphatic carbocycles. The van der Waals surface area contributed by atoms with Crippen LogP contribution >= 0.6 is 0 Å². The van der Waals surface area contributed by atoms with Crippen molar-refractivity contribution in [3.05, 3.63) is 107 Å². The highest BCUT2D eigenvalue weighted by Gasteiger charge is 2.35. The van der Waals surface area contributed by atoms with E-state index in [1.54, 1.807) is 19.9 Å². The number of rotatable bonds is 10. The third-order valence-electron chi connectivity index (χ3n) is 11.5. The molecule has 284 valence electrons. The summed E-state index contributed by atoms with van der Waals surface area (Å²) < 4.78 is 20.9. The number of carbonyl (C=O) groups is 2. The van der Waals surface area contributed by atoms with E-state index >= 15 is 4.39 Å². The molecule has 1 amide bonds. The van der Waals surface area contributed by atoms with E-state index in [-0.39, 0.29) is 17.5 Å². The Hall–Kier alpha value is -5.00. The van der Waals surface area contributed by atoms with Crippen molar-refractivity contribution >= 4 is 40.1 Å². The predicted molar refractivity (Wildman–Crippen MR) is 214 cm³/mol. The molecular weight excluding hydrogens is 682 g/mol. The SMILES string of the molecule is C=C(C)c1cc(N2CC(N3CCN(c4ccc(Nc5cc6c(cn5)CCN(C(=C)/C(C)=C5\COCCN5C(C)=O)C6)cc4)CC3)C2)c(F)cc1C(=O)CC. The number of pyridine rings is 1. The average Bonchev–Trinajstić information content (AvgIpc) is 3.17. The van der Waals surface area contributed by atoms with Gasteiger partial charge in [-0.15, -0.1) is 0 Å². The molecule has 0 radical (unpaired) electrons. The van der Waals surface area contributed by atoms with Gasteiger partial charge in [0.15, 0.2) is 5.78 Å². The standard InChI is InChI=1S/C43H52FN7O3/c1-7-42(53)38-21-39(44)40(22-37(38)28(2)3)50-25-36(26-50)48-16-14-47(15-17-48)35-10-8-34(9-11-35)46-43-20-33-24-49(13-12-32(33)23-45-43)30(5)29(4)41-27-54-19-18-51(41)31(6)52/h8-11,20-23,36H,2,5,7,12-19,24-27H2,1,3-4,6H3,(H,45,46)/b41-29+. The van der Waals surface area contributed by atoms with Crippen molar-refractivity contribution in [1.82, 2.24) is 19.7 Å². The highest BCUT2D eigenvalue weighted by atomic mass is 19.1. The molecule has 0 saturated carbocycles. The molecular formula is C43H52FN7O3. The van der Waals surface area contributed by atoms with Gasteiger partial charge in [0.05, 0.1) is 24.6 Å². The number of ketones is 1. The molecule has 0 atom stereocenters. The van der Waals surface area contributed by atoms with Gasteiger partial charge in [0, 0.05) is 107 Å². The number of piperazine rings is 1. The molecule has 4 aliphatic rings. The van der Waals surface area contributed by atoms with Crippen LogP contribution < -0.4 is 15.1 Å². The first-order chi connectivity index (χ1) is 26.0. The first-order valence-corrected chi connectivity index (χ1v) is 19.1. The minimum Gasteiger partial charge on any atom is -0.373 e. The molecule has 3 fully saturated rings. The fourth-order valence-corrected chi connectivity index (χ4v) is 8.05. The van der Waals surface area contributed by atoms with E-state index in [1.165, 1.54) is 22.9 Å². The molecule has 0 unspecified atom stereocenters. The van der Waals surface area contributed by atoms with Crippen molar-refractivity contribution in [3.63, 3.8) is 0 Å². The maximum absolute atomic E-state index is 15.2. The summed E-state index contributed by atoms with van der Waals surface area (Å²) >= 11 is 0. The van der Waals surface area contributed by atoms with E-state index in [0.717, 1.165) is 98.4 Å². The lowest BCUT2D eigenvalue weighted by atomic mass is 9.95. The second kappa shape index (κ2) is 15.8. The lowest BCUT2D eigenvalue weighted by Gasteiger charge is -2.49. The normalized spacial score (nSPS) is 18.9. The minimum absolute atomic E-state index is 0.0301. The molecule has 10 nitrogen and oxygen atoms in total. The molecule has 54 heavy (non-hydrogen) atoms. The molecule has 3 saturated heterocycles. The fraction of sp³-hybridized carbons (Fsp3) is 0.419. The van der Waals surface area contributed by atoms with E-state index in [4.69, 9.17) is 9.72 Å². The van der Waals surface area contributed by atoms with Crippen LogP contribution in [0, 0.1) is 5.82 Å². The number of amides is 1. The van der Waals surface area contributed by atoms with Gasteiger partial charge in [0.1, 0.15) is 11.6 Å². The van der Waals surface area contributed by atoms with Gasteiger partial charge in [-0.3, -0.25) is 14.5 Å². The molecule has 1 aromatic heterocycles. The zero-order valence-electron chi connectivity index (χ0n) is 32.1. The molecule has 0 bridgehead atoms. The third kappa shape index (κ3) is 7.65. The fourth-order valence-electron chi connectivity index (χ4n) is 8.05. The third-order valence-corrected chi connectivity index (χ3v) is 11.5. The van der Waals surface area contributed by atoms with Crippen LogP contribution in [0.3, 0.4) is 0 Å². The summed E-state index contributed by atoms with van der Waals surface area (Å²) in [6.07, 6.45) is 3.19. The number of aromatic nitrogens is 1. The van der Waals surface area contributed by atoms with E-state index in [1.807, 2.05) is 24.9 Å². The number of nitrogens with one attached hydrogen (secondary N) is 1. The summed E-state index contributed by atoms with van der Waals surface area (Å²) in [4.78, 5) is 40.5. The number of morpholine rings is 1. The smallest absolute Gasteiger partial charge is 0.223 e. The summed E-state index contributed by atoms with van der Waals surface area (Å²) in [5, 5.41) is 3.50. The highest BCUT2D eigenvalue weighted by molar-refractivity contribution is 6.01. The van der Waals surface area contributed by atoms with Gasteiger partial charge in [0.2, 0.25) is 5.91 Å². The number of ether oxygens (including phenoxy) is 1. The summed E-state index contributed by atoms with van der Waals surface area (Å²) in [7, 11) is 0. The molecule has 11 heteroatoms. The number of hydrogen-bond donors (Lipinski definition) is 1. The summed E-state index contributed by atoms with van der Waals surface area (Å²) in [5.41, 5.74) is 9.94. The number of carbonyl (C=O) groups excluding carboxylic acids is 2. The second-order valence-electron chi connectivity index (χ2n) is 14.9. The molecule has 4 aliphatic heterocycles. The molecule has 5 heterocycles. The van der Waals surface area contributed by atoms with Crippen LogP contribution in [0.25, 0.3) is 5.57 Å². The van der Waals surface area contributed by atoms with Crippen LogP contribution in [0.15, 0.2) is 78.8 Å². The minimum atomic E-state index is -0.341. The van der Waals surface area contributed by atoms with Gasteiger partial charge in [0.25, 0.3) is 0 Å². The van der Waals surface area contributed by atoms with Crippen molar-refractivity contribution in [2.45, 2.75) is 53.1 Å². The summed E-state index contributed by atoms with van der Waals surface area (Å²) in [6.45, 7) is 24.1. The van der Waals surface area contributed by atoms with Gasteiger partial charge < -0.3 is 29.7 Å². The number of anilines is 4. The molecule has 1 N–H and O–H groups in total. The predicted octanol–water partition coefficient (Wildman–Crippen LogP) is 6.63. The van der Waals surface area contributed by atoms with Crippen LogP contribution in [-0.4, -0.2) is 103 Å². The molecule has 3 aromatic rings. The maximum Gasteiger partial charge on any atom is 0.223 e.